The van der Waals surface area contributed by atoms with Crippen LogP contribution in [0.2, 0.25) is 0 Å². The van der Waals surface area contributed by atoms with Crippen molar-refractivity contribution in [2.75, 3.05) is 32.8 Å². The molecule has 1 aliphatic carbocycles. The average molecular weight is 386 g/mol. The Hall–Kier alpha value is -2.08. The van der Waals surface area contributed by atoms with Crippen LogP contribution in [0.4, 0.5) is 0 Å². The average Bonchev–Trinajstić information content (AvgIpc) is 3.39. The van der Waals surface area contributed by atoms with Crippen LogP contribution in [0.25, 0.3) is 0 Å². The highest BCUT2D eigenvalue weighted by Gasteiger charge is 2.43. The fourth-order valence-electron chi connectivity index (χ4n) is 4.66. The van der Waals surface area contributed by atoms with Gasteiger partial charge in [0.15, 0.2) is 0 Å². The molecule has 6 heteroatoms. The SMILES string of the molecule is O=C([C@H]1C[C@H](Oc2ccccc2)CN1C(=O)CC1CCCC1)N1CCOCC1. The summed E-state index contributed by atoms with van der Waals surface area (Å²) in [6, 6.07) is 9.24. The van der Waals surface area contributed by atoms with E-state index >= 15 is 0 Å². The third kappa shape index (κ3) is 4.49. The van der Waals surface area contributed by atoms with E-state index in [2.05, 4.69) is 0 Å². The summed E-state index contributed by atoms with van der Waals surface area (Å²) >= 11 is 0. The molecule has 2 aliphatic heterocycles. The van der Waals surface area contributed by atoms with Crippen molar-refractivity contribution in [3.05, 3.63) is 30.3 Å². The van der Waals surface area contributed by atoms with Crippen molar-refractivity contribution in [3.63, 3.8) is 0 Å². The van der Waals surface area contributed by atoms with Gasteiger partial charge in [-0.25, -0.2) is 0 Å². The maximum Gasteiger partial charge on any atom is 0.245 e. The Balaban J connectivity index is 1.46. The molecule has 6 nitrogen and oxygen atoms in total. The number of rotatable bonds is 5. The van der Waals surface area contributed by atoms with Crippen molar-refractivity contribution < 1.29 is 19.1 Å². The minimum absolute atomic E-state index is 0.0437. The Bertz CT molecular complexity index is 668. The van der Waals surface area contributed by atoms with Gasteiger partial charge in [0, 0.05) is 25.9 Å². The fourth-order valence-corrected chi connectivity index (χ4v) is 4.66. The summed E-state index contributed by atoms with van der Waals surface area (Å²) in [6.07, 6.45) is 5.66. The molecular weight excluding hydrogens is 356 g/mol. The van der Waals surface area contributed by atoms with Crippen LogP contribution in [0, 0.1) is 5.92 Å². The number of ether oxygens (including phenoxy) is 2. The predicted molar refractivity (Wildman–Crippen MR) is 105 cm³/mol. The summed E-state index contributed by atoms with van der Waals surface area (Å²) in [5, 5.41) is 0. The Kier molecular flexibility index (Phi) is 6.15. The normalized spacial score (nSPS) is 25.9. The molecule has 2 saturated heterocycles. The van der Waals surface area contributed by atoms with Gasteiger partial charge < -0.3 is 19.3 Å². The van der Waals surface area contributed by atoms with Gasteiger partial charge in [-0.3, -0.25) is 9.59 Å². The first-order valence-corrected chi connectivity index (χ1v) is 10.6. The molecule has 1 aromatic rings. The lowest BCUT2D eigenvalue weighted by molar-refractivity contribution is -0.146. The summed E-state index contributed by atoms with van der Waals surface area (Å²) in [4.78, 5) is 29.9. The highest BCUT2D eigenvalue weighted by Crippen LogP contribution is 2.31. The number of hydrogen-bond acceptors (Lipinski definition) is 4. The van der Waals surface area contributed by atoms with Gasteiger partial charge in [0.1, 0.15) is 17.9 Å². The standard InChI is InChI=1S/C22H30N2O4/c25-21(14-17-6-4-5-7-17)24-16-19(28-18-8-2-1-3-9-18)15-20(24)22(26)23-10-12-27-13-11-23/h1-3,8-9,17,19-20H,4-7,10-16H2/t19-,20+/m0/s1. The monoisotopic (exact) mass is 386 g/mol. The molecule has 4 rings (SSSR count). The Morgan fingerprint density at radius 2 is 1.79 bits per heavy atom. The van der Waals surface area contributed by atoms with Gasteiger partial charge in [-0.05, 0) is 30.9 Å². The highest BCUT2D eigenvalue weighted by molar-refractivity contribution is 5.88. The van der Waals surface area contributed by atoms with Crippen LogP contribution in [0.15, 0.2) is 30.3 Å². The van der Waals surface area contributed by atoms with Gasteiger partial charge >= 0.3 is 0 Å². The van der Waals surface area contributed by atoms with Crippen LogP contribution in [0.5, 0.6) is 5.75 Å². The smallest absolute Gasteiger partial charge is 0.245 e. The summed E-state index contributed by atoms with van der Waals surface area (Å²) in [7, 11) is 0. The van der Waals surface area contributed by atoms with E-state index in [-0.39, 0.29) is 17.9 Å². The summed E-state index contributed by atoms with van der Waals surface area (Å²) in [6.45, 7) is 2.83. The minimum atomic E-state index is -0.416. The molecule has 28 heavy (non-hydrogen) atoms. The molecule has 3 aliphatic rings. The zero-order chi connectivity index (χ0) is 19.3. The number of carbonyl (C=O) groups is 2. The van der Waals surface area contributed by atoms with Crippen molar-refractivity contribution in [1.29, 1.82) is 0 Å². The number of hydrogen-bond donors (Lipinski definition) is 0. The van der Waals surface area contributed by atoms with E-state index in [4.69, 9.17) is 9.47 Å². The van der Waals surface area contributed by atoms with Gasteiger partial charge in [-0.2, -0.15) is 0 Å². The number of amides is 2. The van der Waals surface area contributed by atoms with Gasteiger partial charge in [0.05, 0.1) is 19.8 Å². The molecule has 0 bridgehead atoms. The lowest BCUT2D eigenvalue weighted by Crippen LogP contribution is -2.51. The number of morpholine rings is 1. The molecule has 2 heterocycles. The summed E-state index contributed by atoms with van der Waals surface area (Å²) in [5.74, 6) is 1.41. The lowest BCUT2D eigenvalue weighted by Gasteiger charge is -2.32. The molecule has 1 aromatic carbocycles. The van der Waals surface area contributed by atoms with E-state index in [1.165, 1.54) is 12.8 Å². The lowest BCUT2D eigenvalue weighted by atomic mass is 10.0. The van der Waals surface area contributed by atoms with Crippen LogP contribution in [-0.2, 0) is 14.3 Å². The van der Waals surface area contributed by atoms with Crippen LogP contribution >= 0.6 is 0 Å². The molecule has 0 unspecified atom stereocenters. The molecule has 1 saturated carbocycles. The summed E-state index contributed by atoms with van der Waals surface area (Å²) < 4.78 is 11.5. The molecule has 0 aromatic heterocycles. The molecule has 2 amide bonds. The first-order chi connectivity index (χ1) is 13.7. The third-order valence-electron chi connectivity index (χ3n) is 6.17. The van der Waals surface area contributed by atoms with Crippen molar-refractivity contribution in [2.24, 2.45) is 5.92 Å². The maximum atomic E-state index is 13.2. The zero-order valence-corrected chi connectivity index (χ0v) is 16.4. The molecule has 0 radical (unpaired) electrons. The first-order valence-electron chi connectivity index (χ1n) is 10.6. The van der Waals surface area contributed by atoms with Gasteiger partial charge in [0.2, 0.25) is 11.8 Å². The van der Waals surface area contributed by atoms with Crippen LogP contribution in [-0.4, -0.2) is 66.6 Å². The van der Waals surface area contributed by atoms with Gasteiger partial charge in [-0.15, -0.1) is 0 Å². The van der Waals surface area contributed by atoms with Crippen LogP contribution in [0.3, 0.4) is 0 Å². The van der Waals surface area contributed by atoms with Crippen molar-refractivity contribution >= 4 is 11.8 Å². The second kappa shape index (κ2) is 8.95. The first kappa shape index (κ1) is 19.2. The highest BCUT2D eigenvalue weighted by atomic mass is 16.5. The quantitative estimate of drug-likeness (QED) is 0.780. The second-order valence-electron chi connectivity index (χ2n) is 8.14. The topological polar surface area (TPSA) is 59.1 Å². The van der Waals surface area contributed by atoms with Gasteiger partial charge in [0.25, 0.3) is 0 Å². The second-order valence-corrected chi connectivity index (χ2v) is 8.14. The molecule has 2 atom stereocenters. The Morgan fingerprint density at radius 3 is 2.50 bits per heavy atom. The Morgan fingerprint density at radius 1 is 1.07 bits per heavy atom. The Labute approximate surface area is 166 Å². The van der Waals surface area contributed by atoms with E-state index < -0.39 is 6.04 Å². The molecule has 152 valence electrons. The maximum absolute atomic E-state index is 13.2. The molecule has 0 spiro atoms. The zero-order valence-electron chi connectivity index (χ0n) is 16.4. The van der Waals surface area contributed by atoms with E-state index in [0.717, 1.165) is 18.6 Å². The van der Waals surface area contributed by atoms with E-state index in [1.807, 2.05) is 35.2 Å². The van der Waals surface area contributed by atoms with Crippen molar-refractivity contribution in [1.82, 2.24) is 9.80 Å². The predicted octanol–water partition coefficient (Wildman–Crippen LogP) is 2.47. The molecule has 0 N–H and O–H groups in total. The number of likely N-dealkylation sites (tertiary alicyclic amines) is 1. The number of nitrogens with zero attached hydrogens (tertiary/aromatic N) is 2. The van der Waals surface area contributed by atoms with Crippen molar-refractivity contribution in [2.45, 2.75) is 50.7 Å². The van der Waals surface area contributed by atoms with Crippen LogP contribution in [0.1, 0.15) is 38.5 Å². The minimum Gasteiger partial charge on any atom is -0.488 e. The number of benzene rings is 1. The summed E-state index contributed by atoms with van der Waals surface area (Å²) in [5.41, 5.74) is 0. The molecular formula is C22H30N2O4. The van der Waals surface area contributed by atoms with Gasteiger partial charge in [-0.1, -0.05) is 31.0 Å². The number of para-hydroxylation sites is 1. The fraction of sp³-hybridized carbons (Fsp3) is 0.636. The van der Waals surface area contributed by atoms with E-state index in [0.29, 0.717) is 51.6 Å². The number of carbonyl (C=O) groups excluding carboxylic acids is 2. The largest absolute Gasteiger partial charge is 0.488 e. The third-order valence-corrected chi connectivity index (χ3v) is 6.17. The van der Waals surface area contributed by atoms with E-state index in [9.17, 15) is 9.59 Å². The van der Waals surface area contributed by atoms with E-state index in [1.54, 1.807) is 4.90 Å². The van der Waals surface area contributed by atoms with Crippen molar-refractivity contribution in [3.8, 4) is 5.75 Å². The molecule has 3 fully saturated rings. The van der Waals surface area contributed by atoms with Crippen LogP contribution < -0.4 is 4.74 Å².